The van der Waals surface area contributed by atoms with Crippen LogP contribution in [0.4, 0.5) is 10.1 Å². The van der Waals surface area contributed by atoms with Crippen LogP contribution in [0, 0.1) is 19.7 Å². The second-order valence-corrected chi connectivity index (χ2v) is 7.64. The number of halogens is 1. The monoisotopic (exact) mass is 399 g/mol. The van der Waals surface area contributed by atoms with Gasteiger partial charge in [-0.05, 0) is 55.8 Å². The molecule has 0 fully saturated rings. The van der Waals surface area contributed by atoms with Crippen LogP contribution in [0.25, 0.3) is 11.0 Å². The normalized spacial score (nSPS) is 15.6. The predicted octanol–water partition coefficient (Wildman–Crippen LogP) is 5.30. The summed E-state index contributed by atoms with van der Waals surface area (Å²) in [6.45, 7) is 3.86. The summed E-state index contributed by atoms with van der Waals surface area (Å²) in [5.74, 6) is -0.736. The molecule has 0 aliphatic carbocycles. The number of amides is 1. The van der Waals surface area contributed by atoms with E-state index in [9.17, 15) is 14.0 Å². The molecule has 0 spiro atoms. The average molecular weight is 399 g/mol. The molecule has 0 N–H and O–H groups in total. The van der Waals surface area contributed by atoms with E-state index >= 15 is 0 Å². The van der Waals surface area contributed by atoms with Gasteiger partial charge in [-0.2, -0.15) is 0 Å². The molecule has 1 amide bonds. The van der Waals surface area contributed by atoms with Crippen LogP contribution < -0.4 is 10.3 Å². The summed E-state index contributed by atoms with van der Waals surface area (Å²) >= 11 is 0. The first kappa shape index (κ1) is 18.3. The number of benzene rings is 3. The Bertz CT molecular complexity index is 1350. The summed E-state index contributed by atoms with van der Waals surface area (Å²) in [6.07, 6.45) is 0. The van der Waals surface area contributed by atoms with Crippen molar-refractivity contribution >= 4 is 22.6 Å². The van der Waals surface area contributed by atoms with Gasteiger partial charge in [0.25, 0.3) is 5.91 Å². The van der Waals surface area contributed by atoms with Gasteiger partial charge < -0.3 is 4.42 Å². The lowest BCUT2D eigenvalue weighted by Gasteiger charge is -2.25. The van der Waals surface area contributed by atoms with Crippen LogP contribution in [-0.4, -0.2) is 5.91 Å². The number of rotatable bonds is 2. The molecule has 5 heteroatoms. The van der Waals surface area contributed by atoms with Gasteiger partial charge in [0.2, 0.25) is 5.76 Å². The van der Waals surface area contributed by atoms with E-state index in [2.05, 4.69) is 0 Å². The van der Waals surface area contributed by atoms with Crippen LogP contribution in [0.1, 0.15) is 38.9 Å². The Morgan fingerprint density at radius 1 is 0.867 bits per heavy atom. The molecular formula is C25H18FNO3. The smallest absolute Gasteiger partial charge is 0.295 e. The summed E-state index contributed by atoms with van der Waals surface area (Å²) in [4.78, 5) is 28.5. The molecule has 1 aliphatic heterocycles. The summed E-state index contributed by atoms with van der Waals surface area (Å²) < 4.78 is 19.5. The third kappa shape index (κ3) is 2.74. The molecule has 2 heterocycles. The fraction of sp³-hybridized carbons (Fsp3) is 0.120. The summed E-state index contributed by atoms with van der Waals surface area (Å²) in [7, 11) is 0. The van der Waals surface area contributed by atoms with E-state index in [1.165, 1.54) is 12.1 Å². The van der Waals surface area contributed by atoms with Crippen molar-refractivity contribution in [3.05, 3.63) is 111 Å². The van der Waals surface area contributed by atoms with E-state index in [1.54, 1.807) is 29.2 Å². The first-order chi connectivity index (χ1) is 14.4. The lowest BCUT2D eigenvalue weighted by molar-refractivity contribution is 0.0971. The standard InChI is InChI=1S/C25H18FNO3/c1-14-3-10-18(11-4-14)27-22(16-6-8-17(26)9-7-16)21-23(28)19-13-15(2)5-12-20(19)30-24(21)25(27)29/h3-13,22H,1-2H3. The molecule has 5 rings (SSSR count). The molecule has 0 saturated heterocycles. The number of nitrogens with zero attached hydrogens (tertiary/aromatic N) is 1. The molecule has 0 saturated carbocycles. The van der Waals surface area contributed by atoms with Gasteiger partial charge in [0.1, 0.15) is 11.4 Å². The second kappa shape index (κ2) is 6.66. The van der Waals surface area contributed by atoms with Crippen molar-refractivity contribution in [1.29, 1.82) is 0 Å². The highest BCUT2D eigenvalue weighted by atomic mass is 19.1. The molecule has 1 unspecified atom stereocenters. The minimum Gasteiger partial charge on any atom is -0.450 e. The third-order valence-electron chi connectivity index (χ3n) is 5.52. The van der Waals surface area contributed by atoms with Crippen molar-refractivity contribution in [1.82, 2.24) is 0 Å². The van der Waals surface area contributed by atoms with Crippen molar-refractivity contribution in [3.8, 4) is 0 Å². The van der Waals surface area contributed by atoms with Crippen LogP contribution in [0.2, 0.25) is 0 Å². The average Bonchev–Trinajstić information content (AvgIpc) is 3.03. The van der Waals surface area contributed by atoms with E-state index in [-0.39, 0.29) is 28.5 Å². The van der Waals surface area contributed by atoms with Gasteiger partial charge in [-0.1, -0.05) is 41.5 Å². The zero-order chi connectivity index (χ0) is 21.0. The lowest BCUT2D eigenvalue weighted by atomic mass is 9.98. The Morgan fingerprint density at radius 3 is 2.23 bits per heavy atom. The fourth-order valence-corrected chi connectivity index (χ4v) is 4.02. The van der Waals surface area contributed by atoms with Gasteiger partial charge >= 0.3 is 0 Å². The highest BCUT2D eigenvalue weighted by molar-refractivity contribution is 6.10. The van der Waals surface area contributed by atoms with E-state index in [4.69, 9.17) is 4.42 Å². The number of hydrogen-bond acceptors (Lipinski definition) is 3. The Balaban J connectivity index is 1.81. The van der Waals surface area contributed by atoms with Crippen LogP contribution in [0.5, 0.6) is 0 Å². The van der Waals surface area contributed by atoms with Crippen LogP contribution >= 0.6 is 0 Å². The molecule has 1 atom stereocenters. The van der Waals surface area contributed by atoms with Gasteiger partial charge in [0.15, 0.2) is 5.43 Å². The number of hydrogen-bond donors (Lipinski definition) is 0. The Morgan fingerprint density at radius 2 is 1.53 bits per heavy atom. The van der Waals surface area contributed by atoms with Crippen LogP contribution in [0.3, 0.4) is 0 Å². The molecular weight excluding hydrogens is 381 g/mol. The highest BCUT2D eigenvalue weighted by Gasteiger charge is 2.43. The lowest BCUT2D eigenvalue weighted by Crippen LogP contribution is -2.29. The Hall–Kier alpha value is -3.73. The van der Waals surface area contributed by atoms with E-state index < -0.39 is 6.04 Å². The quantitative estimate of drug-likeness (QED) is 0.460. The van der Waals surface area contributed by atoms with Crippen LogP contribution in [0.15, 0.2) is 75.9 Å². The van der Waals surface area contributed by atoms with Gasteiger partial charge in [0.05, 0.1) is 17.0 Å². The van der Waals surface area contributed by atoms with Crippen molar-refractivity contribution in [2.24, 2.45) is 0 Å². The van der Waals surface area contributed by atoms with Crippen molar-refractivity contribution < 1.29 is 13.6 Å². The third-order valence-corrected chi connectivity index (χ3v) is 5.52. The maximum Gasteiger partial charge on any atom is 0.295 e. The molecule has 0 bridgehead atoms. The minimum atomic E-state index is -0.697. The number of fused-ring (bicyclic) bond motifs is 2. The highest BCUT2D eigenvalue weighted by Crippen LogP contribution is 2.41. The molecule has 4 aromatic rings. The largest absolute Gasteiger partial charge is 0.450 e. The maximum atomic E-state index is 13.6. The minimum absolute atomic E-state index is 0.0336. The SMILES string of the molecule is Cc1ccc(N2C(=O)c3oc4ccc(C)cc4c(=O)c3C2c2ccc(F)cc2)cc1. The zero-order valence-electron chi connectivity index (χ0n) is 16.5. The summed E-state index contributed by atoms with van der Waals surface area (Å²) in [5.41, 5.74) is 3.68. The Labute approximate surface area is 172 Å². The molecule has 1 aliphatic rings. The van der Waals surface area contributed by atoms with Crippen molar-refractivity contribution in [2.45, 2.75) is 19.9 Å². The topological polar surface area (TPSA) is 50.5 Å². The number of anilines is 1. The molecule has 4 nitrogen and oxygen atoms in total. The molecule has 0 radical (unpaired) electrons. The Kier molecular flexibility index (Phi) is 4.07. The van der Waals surface area contributed by atoms with E-state index in [1.807, 2.05) is 44.2 Å². The zero-order valence-corrected chi connectivity index (χ0v) is 16.5. The number of carbonyl (C=O) groups excluding carboxylic acids is 1. The van der Waals surface area contributed by atoms with Gasteiger partial charge in [0, 0.05) is 5.69 Å². The van der Waals surface area contributed by atoms with E-state index in [0.717, 1.165) is 11.1 Å². The maximum absolute atomic E-state index is 13.6. The van der Waals surface area contributed by atoms with Gasteiger partial charge in [-0.15, -0.1) is 0 Å². The second-order valence-electron chi connectivity index (χ2n) is 7.64. The van der Waals surface area contributed by atoms with Crippen molar-refractivity contribution in [3.63, 3.8) is 0 Å². The number of aryl methyl sites for hydroxylation is 2. The van der Waals surface area contributed by atoms with Gasteiger partial charge in [-0.25, -0.2) is 4.39 Å². The first-order valence-corrected chi connectivity index (χ1v) is 9.67. The van der Waals surface area contributed by atoms with Crippen molar-refractivity contribution in [2.75, 3.05) is 4.90 Å². The van der Waals surface area contributed by atoms with E-state index in [0.29, 0.717) is 22.2 Å². The fourth-order valence-electron chi connectivity index (χ4n) is 4.02. The van der Waals surface area contributed by atoms with Gasteiger partial charge in [-0.3, -0.25) is 14.5 Å². The molecule has 148 valence electrons. The summed E-state index contributed by atoms with van der Waals surface area (Å²) in [5, 5.41) is 0.430. The molecule has 1 aromatic heterocycles. The molecule has 3 aromatic carbocycles. The summed E-state index contributed by atoms with van der Waals surface area (Å²) in [6, 6.07) is 18.0. The molecule has 30 heavy (non-hydrogen) atoms. The van der Waals surface area contributed by atoms with Crippen LogP contribution in [-0.2, 0) is 0 Å². The first-order valence-electron chi connectivity index (χ1n) is 9.67. The predicted molar refractivity (Wildman–Crippen MR) is 113 cm³/mol. The number of carbonyl (C=O) groups is 1.